The predicted molar refractivity (Wildman–Crippen MR) is 62.7 cm³/mol. The molecule has 2 rings (SSSR count). The van der Waals surface area contributed by atoms with Gasteiger partial charge in [0.1, 0.15) is 5.75 Å². The molecule has 0 bridgehead atoms. The van der Waals surface area contributed by atoms with Gasteiger partial charge in [-0.2, -0.15) is 0 Å². The van der Waals surface area contributed by atoms with Crippen molar-refractivity contribution in [2.24, 2.45) is 5.73 Å². The number of phenols is 1. The Bertz CT molecular complexity index is 505. The predicted octanol–water partition coefficient (Wildman–Crippen LogP) is 2.73. The zero-order valence-corrected chi connectivity index (χ0v) is 8.35. The molecule has 0 aliphatic heterocycles. The molecule has 2 nitrogen and oxygen atoms in total. The molecule has 2 aromatic rings. The Hall–Kier alpha value is -1.80. The van der Waals surface area contributed by atoms with Crippen molar-refractivity contribution in [3.63, 3.8) is 0 Å². The van der Waals surface area contributed by atoms with Crippen LogP contribution in [0.5, 0.6) is 5.75 Å². The highest BCUT2D eigenvalue weighted by Gasteiger charge is 2.08. The standard InChI is InChI=1S/C13H13NO/c1-2-12(14)10-7-8-13(15)11-6-4-3-5-9(10)11/h2-8,12,15H,1,14H2. The van der Waals surface area contributed by atoms with Crippen LogP contribution in [-0.2, 0) is 0 Å². The second-order valence-corrected chi connectivity index (χ2v) is 3.48. The quantitative estimate of drug-likeness (QED) is 0.730. The Morgan fingerprint density at radius 2 is 1.80 bits per heavy atom. The fraction of sp³-hybridized carbons (Fsp3) is 0.0769. The van der Waals surface area contributed by atoms with E-state index in [0.717, 1.165) is 16.3 Å². The fourth-order valence-electron chi connectivity index (χ4n) is 1.72. The van der Waals surface area contributed by atoms with Crippen LogP contribution in [0.1, 0.15) is 11.6 Å². The van der Waals surface area contributed by atoms with Gasteiger partial charge in [0.25, 0.3) is 0 Å². The molecule has 0 saturated carbocycles. The number of benzene rings is 2. The SMILES string of the molecule is C=CC(N)c1ccc(O)c2ccccc12. The van der Waals surface area contributed by atoms with Gasteiger partial charge in [0, 0.05) is 11.4 Å². The molecule has 0 heterocycles. The molecule has 0 fully saturated rings. The van der Waals surface area contributed by atoms with E-state index in [4.69, 9.17) is 5.73 Å². The van der Waals surface area contributed by atoms with Gasteiger partial charge in [-0.05, 0) is 17.0 Å². The molecule has 0 amide bonds. The summed E-state index contributed by atoms with van der Waals surface area (Å²) >= 11 is 0. The first-order chi connectivity index (χ1) is 7.24. The minimum Gasteiger partial charge on any atom is -0.507 e. The first-order valence-corrected chi connectivity index (χ1v) is 4.83. The van der Waals surface area contributed by atoms with E-state index in [9.17, 15) is 5.11 Å². The molecular formula is C13H13NO. The Labute approximate surface area is 88.7 Å². The highest BCUT2D eigenvalue weighted by atomic mass is 16.3. The minimum absolute atomic E-state index is 0.199. The molecule has 0 aromatic heterocycles. The monoisotopic (exact) mass is 199 g/mol. The van der Waals surface area contributed by atoms with Crippen LogP contribution in [0.4, 0.5) is 0 Å². The highest BCUT2D eigenvalue weighted by Crippen LogP contribution is 2.30. The summed E-state index contributed by atoms with van der Waals surface area (Å²) in [4.78, 5) is 0. The summed E-state index contributed by atoms with van der Waals surface area (Å²) in [5, 5.41) is 11.5. The summed E-state index contributed by atoms with van der Waals surface area (Å²) in [6, 6.07) is 11.0. The molecular weight excluding hydrogens is 186 g/mol. The van der Waals surface area contributed by atoms with Gasteiger partial charge >= 0.3 is 0 Å². The zero-order valence-electron chi connectivity index (χ0n) is 8.35. The van der Waals surface area contributed by atoms with Gasteiger partial charge in [-0.15, -0.1) is 6.58 Å². The van der Waals surface area contributed by atoms with Crippen LogP contribution < -0.4 is 5.73 Å². The van der Waals surface area contributed by atoms with E-state index in [1.54, 1.807) is 12.1 Å². The lowest BCUT2D eigenvalue weighted by Gasteiger charge is -2.11. The van der Waals surface area contributed by atoms with E-state index >= 15 is 0 Å². The third-order valence-corrected chi connectivity index (χ3v) is 2.55. The number of hydrogen-bond donors (Lipinski definition) is 2. The van der Waals surface area contributed by atoms with Gasteiger partial charge in [0.15, 0.2) is 0 Å². The molecule has 15 heavy (non-hydrogen) atoms. The summed E-state index contributed by atoms with van der Waals surface area (Å²) in [5.74, 6) is 0.283. The van der Waals surface area contributed by atoms with E-state index < -0.39 is 0 Å². The van der Waals surface area contributed by atoms with Crippen LogP contribution in [0.3, 0.4) is 0 Å². The third-order valence-electron chi connectivity index (χ3n) is 2.55. The van der Waals surface area contributed by atoms with Gasteiger partial charge in [0.2, 0.25) is 0 Å². The van der Waals surface area contributed by atoms with E-state index in [2.05, 4.69) is 6.58 Å². The second kappa shape index (κ2) is 3.75. The topological polar surface area (TPSA) is 46.2 Å². The van der Waals surface area contributed by atoms with Gasteiger partial charge in [-0.25, -0.2) is 0 Å². The molecule has 1 unspecified atom stereocenters. The van der Waals surface area contributed by atoms with Gasteiger partial charge in [-0.3, -0.25) is 0 Å². The van der Waals surface area contributed by atoms with Gasteiger partial charge < -0.3 is 10.8 Å². The average molecular weight is 199 g/mol. The zero-order chi connectivity index (χ0) is 10.8. The molecule has 0 radical (unpaired) electrons. The molecule has 0 spiro atoms. The van der Waals surface area contributed by atoms with Crippen LogP contribution in [-0.4, -0.2) is 5.11 Å². The number of nitrogens with two attached hydrogens (primary N) is 1. The molecule has 76 valence electrons. The maximum absolute atomic E-state index is 9.68. The van der Waals surface area contributed by atoms with Crippen molar-refractivity contribution < 1.29 is 5.11 Å². The van der Waals surface area contributed by atoms with Crippen LogP contribution in [0.2, 0.25) is 0 Å². The van der Waals surface area contributed by atoms with Crippen molar-refractivity contribution in [3.8, 4) is 5.75 Å². The third kappa shape index (κ3) is 1.60. The fourth-order valence-corrected chi connectivity index (χ4v) is 1.72. The Morgan fingerprint density at radius 3 is 2.47 bits per heavy atom. The van der Waals surface area contributed by atoms with E-state index in [1.165, 1.54) is 0 Å². The maximum Gasteiger partial charge on any atom is 0.123 e. The van der Waals surface area contributed by atoms with E-state index in [1.807, 2.05) is 30.3 Å². The largest absolute Gasteiger partial charge is 0.507 e. The first kappa shape index (κ1) is 9.74. The van der Waals surface area contributed by atoms with E-state index in [-0.39, 0.29) is 11.8 Å². The Kier molecular flexibility index (Phi) is 2.44. The van der Waals surface area contributed by atoms with Crippen molar-refractivity contribution in [1.29, 1.82) is 0 Å². The lowest BCUT2D eigenvalue weighted by Crippen LogP contribution is -2.06. The van der Waals surface area contributed by atoms with Crippen molar-refractivity contribution in [2.75, 3.05) is 0 Å². The summed E-state index contributed by atoms with van der Waals surface area (Å²) in [6.07, 6.45) is 1.69. The molecule has 1 atom stereocenters. The Balaban J connectivity index is 2.77. The molecule has 0 saturated heterocycles. The maximum atomic E-state index is 9.68. The van der Waals surface area contributed by atoms with Gasteiger partial charge in [0.05, 0.1) is 0 Å². The van der Waals surface area contributed by atoms with Crippen LogP contribution in [0.15, 0.2) is 49.1 Å². The summed E-state index contributed by atoms with van der Waals surface area (Å²) in [7, 11) is 0. The highest BCUT2D eigenvalue weighted by molar-refractivity contribution is 5.91. The minimum atomic E-state index is -0.199. The lowest BCUT2D eigenvalue weighted by atomic mass is 9.99. The van der Waals surface area contributed by atoms with Crippen LogP contribution in [0, 0.1) is 0 Å². The number of hydrogen-bond acceptors (Lipinski definition) is 2. The molecule has 2 heteroatoms. The van der Waals surface area contributed by atoms with Crippen molar-refractivity contribution in [3.05, 3.63) is 54.6 Å². The molecule has 0 aliphatic rings. The lowest BCUT2D eigenvalue weighted by molar-refractivity contribution is 0.481. The smallest absolute Gasteiger partial charge is 0.123 e. The number of fused-ring (bicyclic) bond motifs is 1. The summed E-state index contributed by atoms with van der Waals surface area (Å²) in [5.41, 5.74) is 6.90. The number of phenolic OH excluding ortho intramolecular Hbond substituents is 1. The Morgan fingerprint density at radius 1 is 1.13 bits per heavy atom. The molecule has 0 aliphatic carbocycles. The number of rotatable bonds is 2. The summed E-state index contributed by atoms with van der Waals surface area (Å²) < 4.78 is 0. The van der Waals surface area contributed by atoms with Crippen molar-refractivity contribution in [2.45, 2.75) is 6.04 Å². The summed E-state index contributed by atoms with van der Waals surface area (Å²) in [6.45, 7) is 3.68. The van der Waals surface area contributed by atoms with Crippen molar-refractivity contribution in [1.82, 2.24) is 0 Å². The van der Waals surface area contributed by atoms with Crippen molar-refractivity contribution >= 4 is 10.8 Å². The average Bonchev–Trinajstić information content (AvgIpc) is 2.29. The van der Waals surface area contributed by atoms with Gasteiger partial charge in [-0.1, -0.05) is 36.4 Å². The van der Waals surface area contributed by atoms with Crippen LogP contribution in [0.25, 0.3) is 10.8 Å². The first-order valence-electron chi connectivity index (χ1n) is 4.83. The molecule has 2 aromatic carbocycles. The normalized spacial score (nSPS) is 12.6. The van der Waals surface area contributed by atoms with E-state index in [0.29, 0.717) is 0 Å². The molecule has 3 N–H and O–H groups in total. The number of aromatic hydroxyl groups is 1. The van der Waals surface area contributed by atoms with Crippen LogP contribution >= 0.6 is 0 Å². The second-order valence-electron chi connectivity index (χ2n) is 3.48.